The van der Waals surface area contributed by atoms with Crippen LogP contribution >= 0.6 is 0 Å². The van der Waals surface area contributed by atoms with Gasteiger partial charge in [-0.3, -0.25) is 9.59 Å². The smallest absolute Gasteiger partial charge is 0.242 e. The van der Waals surface area contributed by atoms with Crippen molar-refractivity contribution in [3.05, 3.63) is 66.2 Å². The maximum absolute atomic E-state index is 12.7. The van der Waals surface area contributed by atoms with E-state index in [0.717, 1.165) is 11.3 Å². The van der Waals surface area contributed by atoms with Crippen LogP contribution in [-0.2, 0) is 16.1 Å². The molecule has 0 heterocycles. The van der Waals surface area contributed by atoms with E-state index in [1.165, 1.54) is 0 Å². The summed E-state index contributed by atoms with van der Waals surface area (Å²) in [5, 5.41) is 0. The topological polar surface area (TPSA) is 66.6 Å². The van der Waals surface area contributed by atoms with E-state index in [-0.39, 0.29) is 18.9 Å². The van der Waals surface area contributed by atoms with Crippen LogP contribution in [0.4, 0.5) is 5.69 Å². The summed E-state index contributed by atoms with van der Waals surface area (Å²) in [6.45, 7) is 1.04. The van der Waals surface area contributed by atoms with Gasteiger partial charge in [-0.05, 0) is 17.7 Å². The van der Waals surface area contributed by atoms with Crippen molar-refractivity contribution >= 4 is 17.5 Å². The van der Waals surface area contributed by atoms with Gasteiger partial charge in [0.15, 0.2) is 0 Å². The molecule has 24 heavy (non-hydrogen) atoms. The van der Waals surface area contributed by atoms with Crippen LogP contribution in [0.15, 0.2) is 60.7 Å². The summed E-state index contributed by atoms with van der Waals surface area (Å²) < 4.78 is 0. The number of carbonyl (C=O) groups is 2. The summed E-state index contributed by atoms with van der Waals surface area (Å²) in [7, 11) is 1.88. The first kappa shape index (κ1) is 17.5. The van der Waals surface area contributed by atoms with Gasteiger partial charge in [0.05, 0.1) is 6.54 Å². The fourth-order valence-corrected chi connectivity index (χ4v) is 2.42. The molecule has 2 aromatic carbocycles. The minimum atomic E-state index is -0.405. The molecule has 0 aliphatic heterocycles. The quantitative estimate of drug-likeness (QED) is 0.807. The minimum Gasteiger partial charge on any atom is -0.370 e. The van der Waals surface area contributed by atoms with Crippen molar-refractivity contribution in [2.45, 2.75) is 13.0 Å². The molecule has 0 aromatic heterocycles. The molecule has 0 aliphatic carbocycles. The number of carbonyl (C=O) groups excluding carboxylic acids is 2. The lowest BCUT2D eigenvalue weighted by Crippen LogP contribution is -2.40. The summed E-state index contributed by atoms with van der Waals surface area (Å²) in [6.07, 6.45) is 0.160. The van der Waals surface area contributed by atoms with Gasteiger partial charge in [-0.2, -0.15) is 0 Å². The van der Waals surface area contributed by atoms with Gasteiger partial charge in [0.1, 0.15) is 0 Å². The number of hydrogen-bond donors (Lipinski definition) is 1. The largest absolute Gasteiger partial charge is 0.370 e. The first-order valence-corrected chi connectivity index (χ1v) is 7.92. The average Bonchev–Trinajstić information content (AvgIpc) is 2.60. The van der Waals surface area contributed by atoms with Gasteiger partial charge in [-0.15, -0.1) is 0 Å². The number of primary amides is 1. The summed E-state index contributed by atoms with van der Waals surface area (Å²) >= 11 is 0. The molecule has 0 spiro atoms. The molecule has 0 radical (unpaired) electrons. The summed E-state index contributed by atoms with van der Waals surface area (Å²) in [4.78, 5) is 27.3. The van der Waals surface area contributed by atoms with Crippen LogP contribution in [0.5, 0.6) is 0 Å². The number of benzene rings is 2. The maximum Gasteiger partial charge on any atom is 0.242 e. The molecule has 2 N–H and O–H groups in total. The van der Waals surface area contributed by atoms with Crippen LogP contribution in [0.3, 0.4) is 0 Å². The second kappa shape index (κ2) is 8.72. The van der Waals surface area contributed by atoms with Gasteiger partial charge in [-0.25, -0.2) is 0 Å². The Labute approximate surface area is 142 Å². The van der Waals surface area contributed by atoms with Crippen molar-refractivity contribution in [1.82, 2.24) is 4.90 Å². The van der Waals surface area contributed by atoms with E-state index in [1.807, 2.05) is 72.6 Å². The molecule has 2 rings (SSSR count). The predicted octanol–water partition coefficient (Wildman–Crippen LogP) is 2.03. The molecule has 126 valence electrons. The zero-order chi connectivity index (χ0) is 17.4. The van der Waals surface area contributed by atoms with Crippen LogP contribution in [0.2, 0.25) is 0 Å². The van der Waals surface area contributed by atoms with E-state index in [2.05, 4.69) is 0 Å². The SMILES string of the molecule is CN(CC(=O)N(CCC(N)=O)Cc1ccccc1)c1ccccc1. The monoisotopic (exact) mass is 325 g/mol. The average molecular weight is 325 g/mol. The number of para-hydroxylation sites is 1. The predicted molar refractivity (Wildman–Crippen MR) is 95.4 cm³/mol. The second-order valence-corrected chi connectivity index (χ2v) is 5.71. The van der Waals surface area contributed by atoms with E-state index in [9.17, 15) is 9.59 Å². The summed E-state index contributed by atoms with van der Waals surface area (Å²) in [5.41, 5.74) is 7.24. The number of rotatable bonds is 8. The van der Waals surface area contributed by atoms with E-state index in [0.29, 0.717) is 13.1 Å². The number of amides is 2. The first-order chi connectivity index (χ1) is 11.6. The normalized spacial score (nSPS) is 10.2. The lowest BCUT2D eigenvalue weighted by molar-refractivity contribution is -0.130. The van der Waals surface area contributed by atoms with E-state index >= 15 is 0 Å². The van der Waals surface area contributed by atoms with Gasteiger partial charge in [0.25, 0.3) is 0 Å². The number of anilines is 1. The summed E-state index contributed by atoms with van der Waals surface area (Å²) in [5.74, 6) is -0.441. The molecule has 0 atom stereocenters. The Balaban J connectivity index is 2.04. The van der Waals surface area contributed by atoms with Gasteiger partial charge in [-0.1, -0.05) is 48.5 Å². The van der Waals surface area contributed by atoms with Crippen molar-refractivity contribution in [2.75, 3.05) is 25.0 Å². The molecule has 0 bridgehead atoms. The van der Waals surface area contributed by atoms with Gasteiger partial charge >= 0.3 is 0 Å². The molecule has 0 saturated heterocycles. The standard InChI is InChI=1S/C19H23N3O2/c1-21(17-10-6-3-7-11-17)15-19(24)22(13-12-18(20)23)14-16-8-4-2-5-9-16/h2-11H,12-15H2,1H3,(H2,20,23). The lowest BCUT2D eigenvalue weighted by atomic mass is 10.2. The fourth-order valence-electron chi connectivity index (χ4n) is 2.42. The third-order valence-corrected chi connectivity index (χ3v) is 3.77. The molecule has 5 heteroatoms. The van der Waals surface area contributed by atoms with Crippen molar-refractivity contribution in [2.24, 2.45) is 5.73 Å². The van der Waals surface area contributed by atoms with Crippen LogP contribution in [-0.4, -0.2) is 36.9 Å². The maximum atomic E-state index is 12.7. The van der Waals surface area contributed by atoms with Crippen molar-refractivity contribution in [3.8, 4) is 0 Å². The number of likely N-dealkylation sites (N-methyl/N-ethyl adjacent to an activating group) is 1. The molecular weight excluding hydrogens is 302 g/mol. The highest BCUT2D eigenvalue weighted by Crippen LogP contribution is 2.12. The highest BCUT2D eigenvalue weighted by molar-refractivity contribution is 5.82. The van der Waals surface area contributed by atoms with E-state index in [1.54, 1.807) is 4.90 Å². The molecule has 2 amide bonds. The Bertz CT molecular complexity index is 659. The Kier molecular flexibility index (Phi) is 6.37. The molecule has 0 aliphatic rings. The lowest BCUT2D eigenvalue weighted by Gasteiger charge is -2.26. The zero-order valence-corrected chi connectivity index (χ0v) is 13.9. The van der Waals surface area contributed by atoms with Crippen molar-refractivity contribution in [3.63, 3.8) is 0 Å². The molecular formula is C19H23N3O2. The Hall–Kier alpha value is -2.82. The third-order valence-electron chi connectivity index (χ3n) is 3.77. The second-order valence-electron chi connectivity index (χ2n) is 5.71. The van der Waals surface area contributed by atoms with Crippen molar-refractivity contribution < 1.29 is 9.59 Å². The highest BCUT2D eigenvalue weighted by Gasteiger charge is 2.17. The Morgan fingerprint density at radius 2 is 1.54 bits per heavy atom. The van der Waals surface area contributed by atoms with Gasteiger partial charge in [0.2, 0.25) is 11.8 Å². The molecule has 0 unspecified atom stereocenters. The zero-order valence-electron chi connectivity index (χ0n) is 13.9. The first-order valence-electron chi connectivity index (χ1n) is 7.92. The van der Waals surface area contributed by atoms with Crippen LogP contribution in [0.1, 0.15) is 12.0 Å². The third kappa shape index (κ3) is 5.43. The van der Waals surface area contributed by atoms with Gasteiger partial charge in [0, 0.05) is 32.2 Å². The fraction of sp³-hybridized carbons (Fsp3) is 0.263. The highest BCUT2D eigenvalue weighted by atomic mass is 16.2. The van der Waals surface area contributed by atoms with Gasteiger partial charge < -0.3 is 15.5 Å². The van der Waals surface area contributed by atoms with Crippen molar-refractivity contribution in [1.29, 1.82) is 0 Å². The number of nitrogens with two attached hydrogens (primary N) is 1. The van der Waals surface area contributed by atoms with E-state index in [4.69, 9.17) is 5.73 Å². The van der Waals surface area contributed by atoms with Crippen LogP contribution in [0.25, 0.3) is 0 Å². The summed E-state index contributed by atoms with van der Waals surface area (Å²) in [6, 6.07) is 19.4. The van der Waals surface area contributed by atoms with Crippen LogP contribution < -0.4 is 10.6 Å². The minimum absolute atomic E-state index is 0.0357. The molecule has 2 aromatic rings. The van der Waals surface area contributed by atoms with E-state index < -0.39 is 5.91 Å². The van der Waals surface area contributed by atoms with Crippen LogP contribution in [0, 0.1) is 0 Å². The number of hydrogen-bond acceptors (Lipinski definition) is 3. The molecule has 0 fully saturated rings. The Morgan fingerprint density at radius 3 is 2.12 bits per heavy atom. The Morgan fingerprint density at radius 1 is 0.958 bits per heavy atom. The molecule has 0 saturated carbocycles. The molecule has 5 nitrogen and oxygen atoms in total. The number of nitrogens with zero attached hydrogens (tertiary/aromatic N) is 2.